The van der Waals surface area contributed by atoms with Crippen LogP contribution in [0.25, 0.3) is 0 Å². The van der Waals surface area contributed by atoms with Crippen LogP contribution in [0.15, 0.2) is 36.5 Å². The van der Waals surface area contributed by atoms with Gasteiger partial charge < -0.3 is 19.7 Å². The van der Waals surface area contributed by atoms with E-state index in [0.29, 0.717) is 30.6 Å². The Morgan fingerprint density at radius 1 is 0.793 bits per heavy atom. The maximum absolute atomic E-state index is 11.1. The van der Waals surface area contributed by atoms with Crippen molar-refractivity contribution >= 4 is 17.9 Å². The van der Waals surface area contributed by atoms with Gasteiger partial charge in [0.25, 0.3) is 0 Å². The number of carboxylic acids is 1. The number of ether oxygens (including phenoxy) is 2. The summed E-state index contributed by atoms with van der Waals surface area (Å²) in [7, 11) is 0. The number of aliphatic hydroxyl groups is 1. The molecule has 0 aliphatic rings. The van der Waals surface area contributed by atoms with Crippen LogP contribution in [-0.4, -0.2) is 47.9 Å². The van der Waals surface area contributed by atoms with Gasteiger partial charge in [0.05, 0.1) is 13.2 Å². The van der Waals surface area contributed by atoms with Crippen molar-refractivity contribution in [1.29, 1.82) is 0 Å². The van der Waals surface area contributed by atoms with Gasteiger partial charge in [0, 0.05) is 16.7 Å². The minimum Gasteiger partial charge on any atom is -0.478 e. The van der Waals surface area contributed by atoms with E-state index in [1.54, 1.807) is 13.8 Å². The highest BCUT2D eigenvalue weighted by Gasteiger charge is 2.04. The van der Waals surface area contributed by atoms with E-state index in [1.807, 2.05) is 6.92 Å². The zero-order valence-corrected chi connectivity index (χ0v) is 18.4. The molecule has 0 atom stereocenters. The van der Waals surface area contributed by atoms with Crippen molar-refractivity contribution in [2.75, 3.05) is 19.8 Å². The van der Waals surface area contributed by atoms with E-state index < -0.39 is 11.9 Å². The fourth-order valence-corrected chi connectivity index (χ4v) is 1.35. The quantitative estimate of drug-likeness (QED) is 0.279. The third-order valence-corrected chi connectivity index (χ3v) is 3.35. The first kappa shape index (κ1) is 31.3. The average molecular weight is 415 g/mol. The smallest absolute Gasteiger partial charge is 0.333 e. The van der Waals surface area contributed by atoms with Gasteiger partial charge in [-0.15, -0.1) is 0 Å². The minimum atomic E-state index is -0.900. The summed E-state index contributed by atoms with van der Waals surface area (Å²) in [5, 5.41) is 16.3. The topological polar surface area (TPSA) is 110 Å². The SMILES string of the molecule is C=C(C)C(=O)OCCO.C=C(CC)C(=O)O.C=C(CC)C(=O)OCCCCCC. The molecule has 0 aliphatic carbocycles. The van der Waals surface area contributed by atoms with Gasteiger partial charge in [-0.2, -0.15) is 0 Å². The summed E-state index contributed by atoms with van der Waals surface area (Å²) in [6.45, 7) is 18.1. The predicted octanol–water partition coefficient (Wildman–Crippen LogP) is 4.21. The summed E-state index contributed by atoms with van der Waals surface area (Å²) in [5.41, 5.74) is 1.18. The molecule has 0 aromatic rings. The molecule has 0 bridgehead atoms. The molecule has 0 unspecified atom stereocenters. The van der Waals surface area contributed by atoms with Gasteiger partial charge in [-0.25, -0.2) is 14.4 Å². The first-order valence-corrected chi connectivity index (χ1v) is 9.78. The van der Waals surface area contributed by atoms with Crippen LogP contribution >= 0.6 is 0 Å². The lowest BCUT2D eigenvalue weighted by atomic mass is 10.2. The fraction of sp³-hybridized carbons (Fsp3) is 0.591. The number of rotatable bonds is 12. The second-order valence-electron chi connectivity index (χ2n) is 6.06. The number of aliphatic carboxylic acids is 1. The predicted molar refractivity (Wildman–Crippen MR) is 114 cm³/mol. The van der Waals surface area contributed by atoms with Crippen LogP contribution in [-0.2, 0) is 23.9 Å². The van der Waals surface area contributed by atoms with Crippen molar-refractivity contribution in [3.05, 3.63) is 36.5 Å². The molecule has 0 heterocycles. The maximum atomic E-state index is 11.1. The lowest BCUT2D eigenvalue weighted by Gasteiger charge is -2.04. The number of carbonyl (C=O) groups is 3. The molecule has 0 aliphatic heterocycles. The molecular weight excluding hydrogens is 376 g/mol. The summed E-state index contributed by atoms with van der Waals surface area (Å²) >= 11 is 0. The number of hydrogen-bond donors (Lipinski definition) is 2. The Morgan fingerprint density at radius 2 is 1.31 bits per heavy atom. The van der Waals surface area contributed by atoms with Crippen molar-refractivity contribution in [2.24, 2.45) is 0 Å². The standard InChI is InChI=1S/C11H20O2.C6H10O3.C5H8O2/c1-4-6-7-8-9-13-11(12)10(3)5-2;1-5(2)6(8)9-4-3-7;1-3-4(2)5(6)7/h3-9H2,1-2H3;7H,1,3-4H2,2H3;2-3H2,1H3,(H,6,7). The van der Waals surface area contributed by atoms with E-state index in [1.165, 1.54) is 12.8 Å². The fourth-order valence-electron chi connectivity index (χ4n) is 1.35. The first-order chi connectivity index (χ1) is 13.6. The van der Waals surface area contributed by atoms with Gasteiger partial charge in [0.2, 0.25) is 0 Å². The molecule has 7 nitrogen and oxygen atoms in total. The zero-order chi connectivity index (χ0) is 23.2. The molecule has 0 radical (unpaired) electrons. The Bertz CT molecular complexity index is 521. The summed E-state index contributed by atoms with van der Waals surface area (Å²) < 4.78 is 9.47. The minimum absolute atomic E-state index is 0.0473. The molecule has 0 rings (SSSR count). The van der Waals surface area contributed by atoms with Gasteiger partial charge in [0.1, 0.15) is 6.61 Å². The monoisotopic (exact) mass is 414 g/mol. The third-order valence-electron chi connectivity index (χ3n) is 3.35. The molecule has 0 fully saturated rings. The Hall–Kier alpha value is -2.41. The Kier molecular flexibility index (Phi) is 23.6. The lowest BCUT2D eigenvalue weighted by Crippen LogP contribution is -2.08. The Morgan fingerprint density at radius 3 is 1.66 bits per heavy atom. The van der Waals surface area contributed by atoms with Crippen LogP contribution < -0.4 is 0 Å². The van der Waals surface area contributed by atoms with Gasteiger partial charge in [-0.05, 0) is 26.2 Å². The van der Waals surface area contributed by atoms with E-state index in [2.05, 4.69) is 31.4 Å². The third kappa shape index (κ3) is 23.6. The number of carbonyl (C=O) groups excluding carboxylic acids is 2. The molecule has 0 saturated carbocycles. The summed E-state index contributed by atoms with van der Waals surface area (Å²) in [5.74, 6) is -1.59. The van der Waals surface area contributed by atoms with Crippen molar-refractivity contribution in [2.45, 2.75) is 66.2 Å². The number of hydrogen-bond acceptors (Lipinski definition) is 6. The molecule has 29 heavy (non-hydrogen) atoms. The average Bonchev–Trinajstić information content (AvgIpc) is 2.70. The van der Waals surface area contributed by atoms with Gasteiger partial charge in [-0.1, -0.05) is 59.8 Å². The molecule has 0 aromatic carbocycles. The van der Waals surface area contributed by atoms with Crippen molar-refractivity contribution < 1.29 is 34.1 Å². The number of esters is 2. The van der Waals surface area contributed by atoms with Crippen molar-refractivity contribution in [3.63, 3.8) is 0 Å². The van der Waals surface area contributed by atoms with Crippen LogP contribution in [0.5, 0.6) is 0 Å². The van der Waals surface area contributed by atoms with Gasteiger partial charge >= 0.3 is 17.9 Å². The zero-order valence-electron chi connectivity index (χ0n) is 18.4. The van der Waals surface area contributed by atoms with Crippen LogP contribution in [0.2, 0.25) is 0 Å². The largest absolute Gasteiger partial charge is 0.478 e. The Labute approximate surface area is 175 Å². The second-order valence-corrected chi connectivity index (χ2v) is 6.06. The molecule has 0 amide bonds. The molecular formula is C22H38O7. The normalized spacial score (nSPS) is 9.00. The summed E-state index contributed by atoms with van der Waals surface area (Å²) in [6.07, 6.45) is 5.73. The number of aliphatic hydroxyl groups excluding tert-OH is 1. The van der Waals surface area contributed by atoms with E-state index in [9.17, 15) is 14.4 Å². The highest BCUT2D eigenvalue weighted by Crippen LogP contribution is 2.03. The highest BCUT2D eigenvalue weighted by atomic mass is 16.5. The molecule has 168 valence electrons. The van der Waals surface area contributed by atoms with E-state index in [-0.39, 0.29) is 24.8 Å². The van der Waals surface area contributed by atoms with Crippen LogP contribution in [0.4, 0.5) is 0 Å². The van der Waals surface area contributed by atoms with Crippen LogP contribution in [0.1, 0.15) is 66.2 Å². The summed E-state index contributed by atoms with van der Waals surface area (Å²) in [4.78, 5) is 31.4. The van der Waals surface area contributed by atoms with E-state index in [4.69, 9.17) is 14.9 Å². The number of unbranched alkanes of at least 4 members (excludes halogenated alkanes) is 3. The molecule has 7 heteroatoms. The molecule has 0 aromatic heterocycles. The molecule has 0 spiro atoms. The Balaban J connectivity index is -0.000000370. The van der Waals surface area contributed by atoms with Gasteiger partial charge in [0.15, 0.2) is 0 Å². The highest BCUT2D eigenvalue weighted by molar-refractivity contribution is 5.87. The van der Waals surface area contributed by atoms with E-state index >= 15 is 0 Å². The van der Waals surface area contributed by atoms with E-state index in [0.717, 1.165) is 12.8 Å². The van der Waals surface area contributed by atoms with Gasteiger partial charge in [-0.3, -0.25) is 0 Å². The summed E-state index contributed by atoms with van der Waals surface area (Å²) in [6, 6.07) is 0. The number of carboxylic acid groups (broad SMARTS) is 1. The maximum Gasteiger partial charge on any atom is 0.333 e. The lowest BCUT2D eigenvalue weighted by molar-refractivity contribution is -0.140. The second kappa shape index (κ2) is 21.9. The molecule has 0 saturated heterocycles. The van der Waals surface area contributed by atoms with Crippen LogP contribution in [0, 0.1) is 0 Å². The molecule has 2 N–H and O–H groups in total. The van der Waals surface area contributed by atoms with Crippen molar-refractivity contribution in [3.8, 4) is 0 Å². The van der Waals surface area contributed by atoms with Crippen molar-refractivity contribution in [1.82, 2.24) is 0 Å². The van der Waals surface area contributed by atoms with Crippen LogP contribution in [0.3, 0.4) is 0 Å². The first-order valence-electron chi connectivity index (χ1n) is 9.78.